The van der Waals surface area contributed by atoms with Crippen molar-refractivity contribution in [3.63, 3.8) is 0 Å². The van der Waals surface area contributed by atoms with Crippen LogP contribution in [0.25, 0.3) is 0 Å². The first-order valence-electron chi connectivity index (χ1n) is 4.82. The zero-order valence-corrected chi connectivity index (χ0v) is 7.80. The molecule has 0 saturated heterocycles. The number of aromatic amines is 1. The van der Waals surface area contributed by atoms with Crippen molar-refractivity contribution < 1.29 is 0 Å². The van der Waals surface area contributed by atoms with Gasteiger partial charge in [0.2, 0.25) is 0 Å². The molecule has 12 heavy (non-hydrogen) atoms. The van der Waals surface area contributed by atoms with Crippen molar-refractivity contribution in [1.29, 1.82) is 0 Å². The Balaban J connectivity index is 2.12. The molecule has 66 valence electrons. The quantitative estimate of drug-likeness (QED) is 0.715. The number of imidazole rings is 1. The number of hydrogen-bond donors (Lipinski definition) is 1. The number of H-pyrrole nitrogens is 1. The smallest absolute Gasteiger partial charge is 0.108 e. The highest BCUT2D eigenvalue weighted by Crippen LogP contribution is 2.35. The maximum absolute atomic E-state index is 4.36. The molecule has 1 N–H and O–H groups in total. The lowest BCUT2D eigenvalue weighted by atomic mass is 9.83. The topological polar surface area (TPSA) is 28.7 Å². The monoisotopic (exact) mass is 164 g/mol. The molecular formula is C10H16N2. The average Bonchev–Trinajstić information content (AvgIpc) is 2.32. The zero-order chi connectivity index (χ0) is 8.55. The van der Waals surface area contributed by atoms with Gasteiger partial charge in [0.15, 0.2) is 0 Å². The fourth-order valence-corrected chi connectivity index (χ4v) is 1.57. The lowest BCUT2D eigenvalue weighted by Crippen LogP contribution is -2.09. The van der Waals surface area contributed by atoms with Crippen LogP contribution in [0.1, 0.15) is 56.5 Å². The minimum absolute atomic E-state index is 0.527. The van der Waals surface area contributed by atoms with Gasteiger partial charge in [-0.25, -0.2) is 4.98 Å². The maximum Gasteiger partial charge on any atom is 0.108 e. The lowest BCUT2D eigenvalue weighted by Gasteiger charge is -2.23. The molecule has 0 aromatic carbocycles. The lowest BCUT2D eigenvalue weighted by molar-refractivity contribution is 0.411. The van der Waals surface area contributed by atoms with E-state index in [-0.39, 0.29) is 0 Å². The Morgan fingerprint density at radius 3 is 2.67 bits per heavy atom. The maximum atomic E-state index is 4.36. The van der Waals surface area contributed by atoms with Gasteiger partial charge in [-0.3, -0.25) is 0 Å². The molecule has 2 heteroatoms. The zero-order valence-electron chi connectivity index (χ0n) is 7.80. The molecule has 0 radical (unpaired) electrons. The van der Waals surface area contributed by atoms with Crippen LogP contribution in [-0.4, -0.2) is 9.97 Å². The fourth-order valence-electron chi connectivity index (χ4n) is 1.57. The first kappa shape index (κ1) is 7.84. The Hall–Kier alpha value is -0.790. The predicted octanol–water partition coefficient (Wildman–Crippen LogP) is 2.80. The largest absolute Gasteiger partial charge is 0.345 e. The summed E-state index contributed by atoms with van der Waals surface area (Å²) in [6.45, 7) is 4.34. The van der Waals surface area contributed by atoms with E-state index >= 15 is 0 Å². The van der Waals surface area contributed by atoms with Gasteiger partial charge in [0, 0.05) is 23.7 Å². The van der Waals surface area contributed by atoms with Gasteiger partial charge in [-0.05, 0) is 12.8 Å². The number of hydrogen-bond acceptors (Lipinski definition) is 1. The molecule has 1 heterocycles. The van der Waals surface area contributed by atoms with Crippen molar-refractivity contribution in [2.75, 3.05) is 0 Å². The summed E-state index contributed by atoms with van der Waals surface area (Å²) in [5.74, 6) is 2.45. The Kier molecular flexibility index (Phi) is 1.91. The van der Waals surface area contributed by atoms with Crippen molar-refractivity contribution >= 4 is 0 Å². The second kappa shape index (κ2) is 2.92. The van der Waals surface area contributed by atoms with Gasteiger partial charge in [0.25, 0.3) is 0 Å². The fraction of sp³-hybridized carbons (Fsp3) is 0.700. The van der Waals surface area contributed by atoms with E-state index in [0.29, 0.717) is 5.92 Å². The molecule has 2 nitrogen and oxygen atoms in total. The first-order valence-corrected chi connectivity index (χ1v) is 4.82. The number of aromatic nitrogens is 2. The molecule has 0 spiro atoms. The van der Waals surface area contributed by atoms with E-state index in [9.17, 15) is 0 Å². The van der Waals surface area contributed by atoms with E-state index < -0.39 is 0 Å². The molecule has 0 unspecified atom stereocenters. The minimum atomic E-state index is 0.527. The summed E-state index contributed by atoms with van der Waals surface area (Å²) in [5, 5.41) is 0. The summed E-state index contributed by atoms with van der Waals surface area (Å²) in [6.07, 6.45) is 6.10. The molecule has 0 amide bonds. The second-order valence-electron chi connectivity index (χ2n) is 4.01. The average molecular weight is 164 g/mol. The molecule has 1 aromatic rings. The van der Waals surface area contributed by atoms with Crippen molar-refractivity contribution in [3.8, 4) is 0 Å². The summed E-state index contributed by atoms with van der Waals surface area (Å²) < 4.78 is 0. The molecule has 1 aliphatic carbocycles. The van der Waals surface area contributed by atoms with Gasteiger partial charge in [-0.1, -0.05) is 20.3 Å². The van der Waals surface area contributed by atoms with Crippen LogP contribution >= 0.6 is 0 Å². The van der Waals surface area contributed by atoms with Crippen molar-refractivity contribution in [3.05, 3.63) is 17.7 Å². The van der Waals surface area contributed by atoms with Gasteiger partial charge in [-0.15, -0.1) is 0 Å². The molecule has 0 aliphatic heterocycles. The van der Waals surface area contributed by atoms with Crippen LogP contribution in [0.4, 0.5) is 0 Å². The Labute approximate surface area is 73.4 Å². The molecule has 0 atom stereocenters. The highest BCUT2D eigenvalue weighted by Gasteiger charge is 2.21. The van der Waals surface area contributed by atoms with E-state index in [0.717, 1.165) is 11.7 Å². The Bertz CT molecular complexity index is 259. The summed E-state index contributed by atoms with van der Waals surface area (Å²) in [7, 11) is 0. The normalized spacial score (nSPS) is 18.2. The van der Waals surface area contributed by atoms with Gasteiger partial charge in [0.05, 0.1) is 0 Å². The molecular weight excluding hydrogens is 148 g/mol. The summed E-state index contributed by atoms with van der Waals surface area (Å²) in [4.78, 5) is 7.77. The summed E-state index contributed by atoms with van der Waals surface area (Å²) in [6, 6.07) is 0. The van der Waals surface area contributed by atoms with Gasteiger partial charge in [-0.2, -0.15) is 0 Å². The molecule has 1 fully saturated rings. The summed E-state index contributed by atoms with van der Waals surface area (Å²) in [5.41, 5.74) is 1.35. The van der Waals surface area contributed by atoms with Crippen LogP contribution in [0.15, 0.2) is 6.20 Å². The van der Waals surface area contributed by atoms with E-state index in [1.807, 2.05) is 6.20 Å². The number of rotatable bonds is 2. The summed E-state index contributed by atoms with van der Waals surface area (Å²) >= 11 is 0. The van der Waals surface area contributed by atoms with Crippen LogP contribution in [0.2, 0.25) is 0 Å². The van der Waals surface area contributed by atoms with E-state index in [1.165, 1.54) is 25.0 Å². The van der Waals surface area contributed by atoms with E-state index in [1.54, 1.807) is 0 Å². The predicted molar refractivity (Wildman–Crippen MR) is 49.3 cm³/mol. The van der Waals surface area contributed by atoms with Crippen LogP contribution in [0.5, 0.6) is 0 Å². The highest BCUT2D eigenvalue weighted by atomic mass is 14.9. The molecule has 1 saturated carbocycles. The van der Waals surface area contributed by atoms with Crippen molar-refractivity contribution in [2.45, 2.75) is 44.9 Å². The molecule has 1 aliphatic rings. The van der Waals surface area contributed by atoms with Gasteiger partial charge in [0.1, 0.15) is 5.82 Å². The Morgan fingerprint density at radius 1 is 1.50 bits per heavy atom. The van der Waals surface area contributed by atoms with E-state index in [2.05, 4.69) is 23.8 Å². The minimum Gasteiger partial charge on any atom is -0.345 e. The Morgan fingerprint density at radius 2 is 2.25 bits per heavy atom. The van der Waals surface area contributed by atoms with Crippen molar-refractivity contribution in [1.82, 2.24) is 9.97 Å². The number of nitrogens with one attached hydrogen (secondary N) is 1. The van der Waals surface area contributed by atoms with Crippen LogP contribution in [0.3, 0.4) is 0 Å². The van der Waals surface area contributed by atoms with Gasteiger partial charge >= 0.3 is 0 Å². The van der Waals surface area contributed by atoms with Gasteiger partial charge < -0.3 is 4.98 Å². The van der Waals surface area contributed by atoms with Crippen LogP contribution in [0, 0.1) is 0 Å². The standard InChI is InChI=1S/C10H16N2/c1-7(2)10-11-6-9(12-10)8-4-3-5-8/h6-8H,3-5H2,1-2H3,(H,11,12). The van der Waals surface area contributed by atoms with Crippen molar-refractivity contribution in [2.24, 2.45) is 0 Å². The van der Waals surface area contributed by atoms with Crippen LogP contribution in [-0.2, 0) is 0 Å². The third-order valence-electron chi connectivity index (χ3n) is 2.71. The molecule has 2 rings (SSSR count). The van der Waals surface area contributed by atoms with Crippen LogP contribution < -0.4 is 0 Å². The number of nitrogens with zero attached hydrogens (tertiary/aromatic N) is 1. The second-order valence-corrected chi connectivity index (χ2v) is 4.01. The SMILES string of the molecule is CC(C)c1ncc(C2CCC2)[nH]1. The molecule has 1 aromatic heterocycles. The van der Waals surface area contributed by atoms with E-state index in [4.69, 9.17) is 0 Å². The first-order chi connectivity index (χ1) is 5.77. The third kappa shape index (κ3) is 1.26. The highest BCUT2D eigenvalue weighted by molar-refractivity contribution is 5.11. The molecule has 0 bridgehead atoms. The third-order valence-corrected chi connectivity index (χ3v) is 2.71.